The average molecular weight is 375 g/mol. The van der Waals surface area contributed by atoms with Gasteiger partial charge in [-0.25, -0.2) is 0 Å². The lowest BCUT2D eigenvalue weighted by atomic mass is 10.0. The van der Waals surface area contributed by atoms with Gasteiger partial charge in [-0.05, 0) is 62.0 Å². The van der Waals surface area contributed by atoms with Crippen LogP contribution in [-0.4, -0.2) is 65.1 Å². The van der Waals surface area contributed by atoms with Gasteiger partial charge in [0, 0.05) is 30.2 Å². The van der Waals surface area contributed by atoms with Crippen LogP contribution in [0.1, 0.15) is 16.8 Å². The SMILES string of the molecule is CN(C)C[C@]1(O)CCN(C(=O)c2ccc(-c3ccc4ncccc4c3)cc2)C1. The molecule has 2 aromatic carbocycles. The van der Waals surface area contributed by atoms with Crippen LogP contribution in [0.25, 0.3) is 22.0 Å². The van der Waals surface area contributed by atoms with E-state index in [0.29, 0.717) is 31.6 Å². The number of aliphatic hydroxyl groups is 1. The van der Waals surface area contributed by atoms with Crippen molar-refractivity contribution in [2.75, 3.05) is 33.7 Å². The molecular formula is C23H25N3O2. The second kappa shape index (κ2) is 7.34. The van der Waals surface area contributed by atoms with Gasteiger partial charge in [0.2, 0.25) is 0 Å². The first-order chi connectivity index (χ1) is 13.4. The molecule has 1 fully saturated rings. The van der Waals surface area contributed by atoms with E-state index in [1.165, 1.54) is 0 Å². The molecule has 5 nitrogen and oxygen atoms in total. The topological polar surface area (TPSA) is 56.7 Å². The Morgan fingerprint density at radius 1 is 1.14 bits per heavy atom. The van der Waals surface area contributed by atoms with Crippen LogP contribution in [0.2, 0.25) is 0 Å². The van der Waals surface area contributed by atoms with Gasteiger partial charge >= 0.3 is 0 Å². The van der Waals surface area contributed by atoms with Gasteiger partial charge in [-0.2, -0.15) is 0 Å². The van der Waals surface area contributed by atoms with E-state index in [4.69, 9.17) is 0 Å². The van der Waals surface area contributed by atoms with E-state index in [1.54, 1.807) is 11.1 Å². The predicted octanol–water partition coefficient (Wildman–Crippen LogP) is 3.04. The van der Waals surface area contributed by atoms with Crippen molar-refractivity contribution in [3.63, 3.8) is 0 Å². The van der Waals surface area contributed by atoms with Crippen LogP contribution in [0.3, 0.4) is 0 Å². The summed E-state index contributed by atoms with van der Waals surface area (Å²) >= 11 is 0. The van der Waals surface area contributed by atoms with Crippen LogP contribution < -0.4 is 0 Å². The van der Waals surface area contributed by atoms with Crippen LogP contribution in [0, 0.1) is 0 Å². The first-order valence-corrected chi connectivity index (χ1v) is 9.55. The third kappa shape index (κ3) is 3.77. The smallest absolute Gasteiger partial charge is 0.253 e. The molecule has 1 amide bonds. The summed E-state index contributed by atoms with van der Waals surface area (Å²) in [4.78, 5) is 20.9. The van der Waals surface area contributed by atoms with E-state index in [1.807, 2.05) is 67.5 Å². The molecule has 144 valence electrons. The van der Waals surface area contributed by atoms with E-state index < -0.39 is 5.60 Å². The van der Waals surface area contributed by atoms with Gasteiger partial charge < -0.3 is 14.9 Å². The standard InChI is InChI=1S/C23H25N3O2/c1-25(2)15-23(28)11-13-26(16-23)22(27)18-7-5-17(6-8-18)19-9-10-21-20(14-19)4-3-12-24-21/h3-10,12,14,28H,11,13,15-16H2,1-2H3/t23-/m1/s1. The Labute approximate surface area is 165 Å². The van der Waals surface area contributed by atoms with Crippen molar-refractivity contribution in [1.29, 1.82) is 0 Å². The number of β-amino-alcohol motifs (C(OH)–C–C–N with tert-alkyl or cyclic N) is 1. The number of rotatable bonds is 4. The molecule has 1 saturated heterocycles. The van der Waals surface area contributed by atoms with Crippen molar-refractivity contribution < 1.29 is 9.90 Å². The van der Waals surface area contributed by atoms with Gasteiger partial charge in [0.1, 0.15) is 0 Å². The molecule has 4 rings (SSSR count). The number of aromatic nitrogens is 1. The highest BCUT2D eigenvalue weighted by molar-refractivity contribution is 5.95. The van der Waals surface area contributed by atoms with Gasteiger partial charge in [0.05, 0.1) is 17.7 Å². The van der Waals surface area contributed by atoms with E-state index in [-0.39, 0.29) is 5.91 Å². The van der Waals surface area contributed by atoms with Crippen LogP contribution in [0.15, 0.2) is 60.8 Å². The number of amides is 1. The molecular weight excluding hydrogens is 350 g/mol. The number of fused-ring (bicyclic) bond motifs is 1. The number of hydrogen-bond acceptors (Lipinski definition) is 4. The number of likely N-dealkylation sites (N-methyl/N-ethyl adjacent to an activating group) is 1. The molecule has 0 unspecified atom stereocenters. The first kappa shape index (κ1) is 18.6. The number of carbonyl (C=O) groups excluding carboxylic acids is 1. The van der Waals surface area contributed by atoms with E-state index >= 15 is 0 Å². The molecule has 0 bridgehead atoms. The Morgan fingerprint density at radius 3 is 2.64 bits per heavy atom. The van der Waals surface area contributed by atoms with Gasteiger partial charge in [0.15, 0.2) is 0 Å². The Morgan fingerprint density at radius 2 is 1.89 bits per heavy atom. The molecule has 28 heavy (non-hydrogen) atoms. The Bertz CT molecular complexity index is 1000. The molecule has 0 aliphatic carbocycles. The maximum Gasteiger partial charge on any atom is 0.253 e. The lowest BCUT2D eigenvalue weighted by Gasteiger charge is -2.26. The third-order valence-electron chi connectivity index (χ3n) is 5.30. The number of pyridine rings is 1. The van der Waals surface area contributed by atoms with Crippen LogP contribution in [-0.2, 0) is 0 Å². The summed E-state index contributed by atoms with van der Waals surface area (Å²) in [6.45, 7) is 1.53. The lowest BCUT2D eigenvalue weighted by Crippen LogP contribution is -2.43. The summed E-state index contributed by atoms with van der Waals surface area (Å²) in [6, 6.07) is 17.9. The Kier molecular flexibility index (Phi) is 4.87. The second-order valence-corrected chi connectivity index (χ2v) is 7.93. The van der Waals surface area contributed by atoms with Crippen molar-refractivity contribution in [1.82, 2.24) is 14.8 Å². The first-order valence-electron chi connectivity index (χ1n) is 9.55. The summed E-state index contributed by atoms with van der Waals surface area (Å²) in [7, 11) is 3.87. The zero-order chi connectivity index (χ0) is 19.7. The van der Waals surface area contributed by atoms with Crippen LogP contribution in [0.4, 0.5) is 0 Å². The number of likely N-dealkylation sites (tertiary alicyclic amines) is 1. The van der Waals surface area contributed by atoms with Gasteiger partial charge in [-0.15, -0.1) is 0 Å². The van der Waals surface area contributed by atoms with Gasteiger partial charge in [-0.3, -0.25) is 9.78 Å². The fraction of sp³-hybridized carbons (Fsp3) is 0.304. The summed E-state index contributed by atoms with van der Waals surface area (Å²) < 4.78 is 0. The van der Waals surface area contributed by atoms with E-state index in [0.717, 1.165) is 22.0 Å². The zero-order valence-electron chi connectivity index (χ0n) is 16.3. The summed E-state index contributed by atoms with van der Waals surface area (Å²) in [5, 5.41) is 11.8. The summed E-state index contributed by atoms with van der Waals surface area (Å²) in [6.07, 6.45) is 2.40. The van der Waals surface area contributed by atoms with E-state index in [9.17, 15) is 9.90 Å². The minimum absolute atomic E-state index is 0.0241. The quantitative estimate of drug-likeness (QED) is 0.762. The number of nitrogens with zero attached hydrogens (tertiary/aromatic N) is 3. The maximum atomic E-state index is 12.8. The van der Waals surface area contributed by atoms with Gasteiger partial charge in [-0.1, -0.05) is 24.3 Å². The molecule has 1 N–H and O–H groups in total. The molecule has 1 atom stereocenters. The molecule has 0 radical (unpaired) electrons. The number of benzene rings is 2. The highest BCUT2D eigenvalue weighted by Gasteiger charge is 2.38. The van der Waals surface area contributed by atoms with E-state index in [2.05, 4.69) is 11.1 Å². The highest BCUT2D eigenvalue weighted by Crippen LogP contribution is 2.26. The molecule has 1 aliphatic heterocycles. The minimum atomic E-state index is -0.821. The molecule has 0 spiro atoms. The van der Waals surface area contributed by atoms with Crippen molar-refractivity contribution >= 4 is 16.8 Å². The van der Waals surface area contributed by atoms with Crippen molar-refractivity contribution in [3.8, 4) is 11.1 Å². The second-order valence-electron chi connectivity index (χ2n) is 7.93. The minimum Gasteiger partial charge on any atom is -0.387 e. The molecule has 1 aromatic heterocycles. The van der Waals surface area contributed by atoms with Gasteiger partial charge in [0.25, 0.3) is 5.91 Å². The van der Waals surface area contributed by atoms with Crippen LogP contribution >= 0.6 is 0 Å². The zero-order valence-corrected chi connectivity index (χ0v) is 16.3. The molecule has 3 aromatic rings. The van der Waals surface area contributed by atoms with Crippen molar-refractivity contribution in [2.45, 2.75) is 12.0 Å². The lowest BCUT2D eigenvalue weighted by molar-refractivity contribution is 0.0236. The number of hydrogen-bond donors (Lipinski definition) is 1. The Balaban J connectivity index is 1.50. The predicted molar refractivity (Wildman–Crippen MR) is 111 cm³/mol. The van der Waals surface area contributed by atoms with Crippen molar-refractivity contribution in [3.05, 3.63) is 66.4 Å². The fourth-order valence-corrected chi connectivity index (χ4v) is 3.99. The van der Waals surface area contributed by atoms with Crippen LogP contribution in [0.5, 0.6) is 0 Å². The summed E-state index contributed by atoms with van der Waals surface area (Å²) in [5.74, 6) is -0.0241. The molecule has 1 aliphatic rings. The van der Waals surface area contributed by atoms with Crippen molar-refractivity contribution in [2.24, 2.45) is 0 Å². The molecule has 2 heterocycles. The Hall–Kier alpha value is -2.76. The maximum absolute atomic E-state index is 12.8. The third-order valence-corrected chi connectivity index (χ3v) is 5.30. The average Bonchev–Trinajstić information content (AvgIpc) is 3.08. The normalized spacial score (nSPS) is 19.5. The fourth-order valence-electron chi connectivity index (χ4n) is 3.99. The summed E-state index contributed by atoms with van der Waals surface area (Å²) in [5.41, 5.74) is 2.96. The molecule has 0 saturated carbocycles. The highest BCUT2D eigenvalue weighted by atomic mass is 16.3. The number of carbonyl (C=O) groups is 1. The monoisotopic (exact) mass is 375 g/mol. The largest absolute Gasteiger partial charge is 0.387 e. The molecule has 5 heteroatoms.